The number of benzene rings is 5. The first kappa shape index (κ1) is 44.3. The number of hydrogen-bond donors (Lipinski definition) is 8. The number of anilines is 3. The van der Waals surface area contributed by atoms with Crippen molar-refractivity contribution in [1.29, 1.82) is 0 Å². The van der Waals surface area contributed by atoms with Crippen LogP contribution in [0.4, 0.5) is 33.2 Å². The highest BCUT2D eigenvalue weighted by molar-refractivity contribution is 7.91. The van der Waals surface area contributed by atoms with Gasteiger partial charge in [0, 0.05) is 23.4 Å². The number of carboxylic acid groups (broad SMARTS) is 1. The maximum Gasteiger partial charge on any atom is 0.335 e. The summed E-state index contributed by atoms with van der Waals surface area (Å²) < 4.78 is 112. The van der Waals surface area contributed by atoms with Gasteiger partial charge in [0.15, 0.2) is 5.71 Å². The van der Waals surface area contributed by atoms with Gasteiger partial charge in [0.2, 0.25) is 5.78 Å². The molecule has 2 amide bonds. The number of carboxylic acids is 1. The first-order valence-corrected chi connectivity index (χ1v) is 21.4. The van der Waals surface area contributed by atoms with Crippen molar-refractivity contribution in [3.63, 3.8) is 0 Å². The third kappa shape index (κ3) is 9.36. The summed E-state index contributed by atoms with van der Waals surface area (Å²) >= 11 is 0. The van der Waals surface area contributed by atoms with Gasteiger partial charge in [-0.3, -0.25) is 23.9 Å². The molecule has 0 saturated heterocycles. The number of urea groups is 1. The third-order valence-corrected chi connectivity index (χ3v) is 11.4. The van der Waals surface area contributed by atoms with Gasteiger partial charge in [-0.25, -0.2) is 9.59 Å². The van der Waals surface area contributed by atoms with Gasteiger partial charge < -0.3 is 30.3 Å². The fraction of sp³-hybridized carbons (Fsp3) is 0.0811. The molecule has 0 heterocycles. The summed E-state index contributed by atoms with van der Waals surface area (Å²) in [4.78, 5) is 35.8. The van der Waals surface area contributed by atoms with E-state index < -0.39 is 74.3 Å². The minimum atomic E-state index is -5.09. The molecule has 0 bridgehead atoms. The number of methoxy groups -OCH3 is 2. The lowest BCUT2D eigenvalue weighted by atomic mass is 9.94. The van der Waals surface area contributed by atoms with Crippen LogP contribution in [0.1, 0.15) is 31.8 Å². The second-order valence-corrected chi connectivity index (χ2v) is 17.2. The number of aromatic hydroxyl groups is 1. The first-order chi connectivity index (χ1) is 29.0. The fourth-order valence-corrected chi connectivity index (χ4v) is 7.73. The third-order valence-electron chi connectivity index (χ3n) is 8.88. The summed E-state index contributed by atoms with van der Waals surface area (Å²) in [6.07, 6.45) is 0.945. The van der Waals surface area contributed by atoms with Gasteiger partial charge in [0.1, 0.15) is 22.2 Å². The number of carbonyl (C=O) groups excluding carboxylic acids is 2. The summed E-state index contributed by atoms with van der Waals surface area (Å²) in [5.41, 5.74) is 1.63. The zero-order chi connectivity index (χ0) is 45.5. The van der Waals surface area contributed by atoms with Crippen LogP contribution in [-0.4, -0.2) is 86.8 Å². The van der Waals surface area contributed by atoms with Crippen LogP contribution in [0.15, 0.2) is 103 Å². The number of aryl methyl sites for hydroxylation is 1. The molecule has 0 atom stereocenters. The van der Waals surface area contributed by atoms with E-state index in [4.69, 9.17) is 9.47 Å². The number of amides is 2. The summed E-state index contributed by atoms with van der Waals surface area (Å²) in [7, 11) is -12.3. The van der Waals surface area contributed by atoms with E-state index in [0.29, 0.717) is 11.6 Å². The van der Waals surface area contributed by atoms with Crippen LogP contribution in [0.2, 0.25) is 0 Å². The molecule has 1 aliphatic carbocycles. The topological polar surface area (TPSA) is 346 Å². The Labute approximate surface area is 350 Å². The zero-order valence-electron chi connectivity index (χ0n) is 31.8. The average molecular weight is 911 g/mol. The van der Waals surface area contributed by atoms with E-state index in [1.165, 1.54) is 56.7 Å². The lowest BCUT2D eigenvalue weighted by Crippen LogP contribution is -2.27. The minimum Gasteiger partial charge on any atom is -0.507 e. The van der Waals surface area contributed by atoms with Crippen LogP contribution in [0.25, 0.3) is 16.8 Å². The van der Waals surface area contributed by atoms with Crippen molar-refractivity contribution in [3.8, 4) is 17.2 Å². The van der Waals surface area contributed by atoms with Crippen molar-refractivity contribution in [2.45, 2.75) is 16.7 Å². The van der Waals surface area contributed by atoms with Crippen molar-refractivity contribution in [1.82, 2.24) is 0 Å². The number of phenols is 1. The minimum absolute atomic E-state index is 0.0291. The molecule has 0 aromatic heterocycles. The van der Waals surface area contributed by atoms with Crippen LogP contribution in [0.5, 0.6) is 17.2 Å². The molecular weight excluding hydrogens is 881 g/mol. The van der Waals surface area contributed by atoms with Crippen molar-refractivity contribution >= 4 is 99.1 Å². The molecule has 8 N–H and O–H groups in total. The largest absolute Gasteiger partial charge is 0.507 e. The predicted molar refractivity (Wildman–Crippen MR) is 221 cm³/mol. The number of nitrogens with zero attached hydrogens (tertiary/aromatic N) is 3. The van der Waals surface area contributed by atoms with Gasteiger partial charge in [-0.1, -0.05) is 0 Å². The highest BCUT2D eigenvalue weighted by atomic mass is 32.2. The normalized spacial score (nSPS) is 13.7. The Morgan fingerprint density at radius 1 is 0.710 bits per heavy atom. The molecule has 322 valence electrons. The summed E-state index contributed by atoms with van der Waals surface area (Å²) in [6, 6.07) is 12.7. The molecule has 62 heavy (non-hydrogen) atoms. The number of fused-ring (bicyclic) bond motifs is 2. The molecule has 0 unspecified atom stereocenters. The van der Waals surface area contributed by atoms with Crippen molar-refractivity contribution in [2.24, 2.45) is 15.3 Å². The summed E-state index contributed by atoms with van der Waals surface area (Å²) in [5, 5.41) is 36.7. The number of aromatic carboxylic acids is 1. The van der Waals surface area contributed by atoms with Gasteiger partial charge in [-0.2, -0.15) is 35.5 Å². The van der Waals surface area contributed by atoms with E-state index in [1.807, 2.05) is 0 Å². The van der Waals surface area contributed by atoms with Crippen LogP contribution < -0.4 is 25.5 Å². The van der Waals surface area contributed by atoms with Crippen LogP contribution in [0, 0.1) is 6.92 Å². The number of ether oxygens (including phenoxy) is 2. The monoisotopic (exact) mass is 910 g/mol. The number of azo groups is 1. The lowest BCUT2D eigenvalue weighted by molar-refractivity contribution is 0.0696. The van der Waals surface area contributed by atoms with Crippen LogP contribution in [-0.2, 0) is 30.4 Å². The molecule has 22 nitrogen and oxygen atoms in total. The molecule has 6 rings (SSSR count). The van der Waals surface area contributed by atoms with Gasteiger partial charge in [0.05, 0.1) is 57.7 Å². The fourth-order valence-electron chi connectivity index (χ4n) is 6.00. The van der Waals surface area contributed by atoms with Crippen LogP contribution >= 0.6 is 0 Å². The van der Waals surface area contributed by atoms with Gasteiger partial charge >= 0.3 is 12.0 Å². The number of Topliss-reactive ketones (excluding diaryl/α,β-unsaturated/α-hetero) is 1. The molecule has 1 aliphatic rings. The van der Waals surface area contributed by atoms with E-state index in [2.05, 4.69) is 31.4 Å². The van der Waals surface area contributed by atoms with E-state index >= 15 is 0 Å². The standard InChI is InChI=1S/C37H30N6O16S3/c1-17-8-26(31(59-3)16-25(17)40-42-28-14-22(60(49,50)51)10-20-11-23(61(52,53)54)15-29(44)33(20)28)39-37(48)38-21-5-6-24-19(9-21)13-32(62(55,56)57)34(35(24)45)43-41-27-12-18(36(46)47)4-7-30(27)58-2/h4-16,41,44H,1-3H3,(H,46,47)(H2,38,39,48)(H,49,50,51)(H,52,53,54)(H,55,56,57). The second kappa shape index (κ2) is 16.6. The Kier molecular flexibility index (Phi) is 11.9. The highest BCUT2D eigenvalue weighted by Crippen LogP contribution is 2.40. The second-order valence-electron chi connectivity index (χ2n) is 13.0. The molecule has 0 radical (unpaired) electrons. The molecule has 5 aromatic carbocycles. The number of hydrogen-bond acceptors (Lipinski definition) is 16. The molecule has 5 aromatic rings. The molecule has 0 spiro atoms. The average Bonchev–Trinajstić information content (AvgIpc) is 3.18. The Bertz CT molecular complexity index is 3200. The van der Waals surface area contributed by atoms with E-state index in [9.17, 15) is 63.5 Å². The Balaban J connectivity index is 1.26. The maximum absolute atomic E-state index is 13.5. The Morgan fingerprint density at radius 2 is 1.35 bits per heavy atom. The number of nitrogens with one attached hydrogen (secondary N) is 3. The molecule has 0 aliphatic heterocycles. The summed E-state index contributed by atoms with van der Waals surface area (Å²) in [5.74, 6) is -2.83. The Morgan fingerprint density at radius 3 is 1.97 bits per heavy atom. The highest BCUT2D eigenvalue weighted by Gasteiger charge is 2.33. The SMILES string of the molecule is COc1ccc(C(=O)O)cc1NN=C1C(=O)c2ccc(NC(=O)Nc3cc(C)c(N=Nc4cc(S(=O)(=O)O)cc5cc(S(=O)(=O)O)cc(O)c45)cc3OC)cc2C=C1S(=O)(=O)O. The number of carbonyl (C=O) groups is 3. The molecule has 0 fully saturated rings. The van der Waals surface area contributed by atoms with E-state index in [1.54, 1.807) is 6.92 Å². The number of rotatable bonds is 12. The van der Waals surface area contributed by atoms with E-state index in [0.717, 1.165) is 30.3 Å². The number of allylic oxidation sites excluding steroid dienone is 1. The van der Waals surface area contributed by atoms with Crippen molar-refractivity contribution in [3.05, 3.63) is 100.0 Å². The summed E-state index contributed by atoms with van der Waals surface area (Å²) in [6.45, 7) is 1.55. The maximum atomic E-state index is 13.5. The predicted octanol–water partition coefficient (Wildman–Crippen LogP) is 6.02. The zero-order valence-corrected chi connectivity index (χ0v) is 34.2. The molecular formula is C37H30N6O16S3. The first-order valence-electron chi connectivity index (χ1n) is 17.1. The number of phenolic OH excluding ortho intramolecular Hbond substituents is 1. The van der Waals surface area contributed by atoms with E-state index in [-0.39, 0.29) is 67.4 Å². The van der Waals surface area contributed by atoms with Gasteiger partial charge in [0.25, 0.3) is 30.4 Å². The van der Waals surface area contributed by atoms with Gasteiger partial charge in [-0.05, 0) is 90.2 Å². The van der Waals surface area contributed by atoms with Crippen molar-refractivity contribution in [2.75, 3.05) is 30.3 Å². The Hall–Kier alpha value is -7.29. The van der Waals surface area contributed by atoms with Crippen LogP contribution in [0.3, 0.4) is 0 Å². The molecule has 0 saturated carbocycles. The smallest absolute Gasteiger partial charge is 0.335 e. The van der Waals surface area contributed by atoms with Gasteiger partial charge in [-0.15, -0.1) is 5.11 Å². The van der Waals surface area contributed by atoms with Crippen molar-refractivity contribution < 1.29 is 73.0 Å². The quantitative estimate of drug-likeness (QED) is 0.0403. The number of hydrazone groups is 1. The molecule has 25 heteroatoms. The number of ketones is 1. The lowest BCUT2D eigenvalue weighted by Gasteiger charge is -2.18.